The molecule has 1 aromatic carbocycles. The molecule has 8 nitrogen and oxygen atoms in total. The molecule has 152 valence electrons. The van der Waals surface area contributed by atoms with E-state index in [2.05, 4.69) is 15.5 Å². The Morgan fingerprint density at radius 2 is 2.24 bits per heavy atom. The lowest BCUT2D eigenvalue weighted by Gasteiger charge is -2.18. The molecule has 1 amide bonds. The molecule has 0 aliphatic carbocycles. The van der Waals surface area contributed by atoms with Gasteiger partial charge in [-0.15, -0.1) is 0 Å². The molecule has 0 spiro atoms. The molecule has 3 heterocycles. The number of hydrogen-bond acceptors (Lipinski definition) is 7. The van der Waals surface area contributed by atoms with Crippen LogP contribution in [0.1, 0.15) is 25.5 Å². The maximum atomic E-state index is 13.1. The molecule has 2 atom stereocenters. The molecular weight excluding hydrogens is 392 g/mol. The number of ether oxygens (including phenoxy) is 1. The van der Waals surface area contributed by atoms with Gasteiger partial charge >= 0.3 is 0 Å². The van der Waals surface area contributed by atoms with Crippen LogP contribution < -0.4 is 10.9 Å². The van der Waals surface area contributed by atoms with Gasteiger partial charge in [-0.25, -0.2) is 4.98 Å². The van der Waals surface area contributed by atoms with E-state index in [0.717, 1.165) is 12.8 Å². The molecule has 2 aromatic heterocycles. The van der Waals surface area contributed by atoms with E-state index in [1.54, 1.807) is 36.6 Å². The highest BCUT2D eigenvalue weighted by Gasteiger charge is 2.23. The predicted octanol–water partition coefficient (Wildman–Crippen LogP) is 2.99. The maximum absolute atomic E-state index is 13.1. The molecule has 0 bridgehead atoms. The third-order valence-electron chi connectivity index (χ3n) is 4.76. The van der Waals surface area contributed by atoms with Gasteiger partial charge in [-0.1, -0.05) is 29.1 Å². The number of amides is 1. The minimum absolute atomic E-state index is 0.0173. The van der Waals surface area contributed by atoms with E-state index in [0.29, 0.717) is 40.8 Å². The Kier molecular flexibility index (Phi) is 5.68. The van der Waals surface area contributed by atoms with E-state index in [1.807, 2.05) is 12.1 Å². The molecular formula is C20H22N4O4S. The topological polar surface area (TPSA) is 99.2 Å². The van der Waals surface area contributed by atoms with E-state index >= 15 is 0 Å². The second kappa shape index (κ2) is 8.38. The fourth-order valence-corrected chi connectivity index (χ4v) is 4.17. The first-order chi connectivity index (χ1) is 14.0. The van der Waals surface area contributed by atoms with Gasteiger partial charge in [0.25, 0.3) is 5.56 Å². The Morgan fingerprint density at radius 3 is 2.97 bits per heavy atom. The average Bonchev–Trinajstić information content (AvgIpc) is 3.36. The van der Waals surface area contributed by atoms with Crippen LogP contribution in [0.25, 0.3) is 10.9 Å². The van der Waals surface area contributed by atoms with Crippen LogP contribution in [-0.2, 0) is 16.1 Å². The largest absolute Gasteiger partial charge is 0.376 e. The monoisotopic (exact) mass is 414 g/mol. The van der Waals surface area contributed by atoms with E-state index in [9.17, 15) is 9.59 Å². The second-order valence-corrected chi connectivity index (χ2v) is 8.35. The van der Waals surface area contributed by atoms with Crippen molar-refractivity contribution < 1.29 is 14.1 Å². The smallest absolute Gasteiger partial charge is 0.262 e. The molecule has 1 fully saturated rings. The number of nitrogens with one attached hydrogen (secondary N) is 1. The number of carbonyl (C=O) groups excluding carboxylic acids is 1. The van der Waals surface area contributed by atoms with E-state index in [1.165, 1.54) is 11.8 Å². The second-order valence-electron chi connectivity index (χ2n) is 7.04. The first kappa shape index (κ1) is 19.7. The number of hydrogen-bond donors (Lipinski definition) is 1. The summed E-state index contributed by atoms with van der Waals surface area (Å²) >= 11 is 1.24. The molecule has 0 radical (unpaired) electrons. The minimum Gasteiger partial charge on any atom is -0.376 e. The normalized spacial score (nSPS) is 17.5. The van der Waals surface area contributed by atoms with Gasteiger partial charge in [0, 0.05) is 12.7 Å². The molecule has 1 N–H and O–H groups in total. The summed E-state index contributed by atoms with van der Waals surface area (Å²) in [6.45, 7) is 4.67. The molecule has 1 aliphatic rings. The lowest BCUT2D eigenvalue weighted by atomic mass is 10.2. The number of carbonyl (C=O) groups is 1. The molecule has 4 rings (SSSR count). The van der Waals surface area contributed by atoms with Gasteiger partial charge in [0.2, 0.25) is 11.8 Å². The van der Waals surface area contributed by atoms with Gasteiger partial charge in [0.05, 0.1) is 34.5 Å². The average molecular weight is 414 g/mol. The Balaban J connectivity index is 1.62. The Bertz CT molecular complexity index is 1090. The number of aryl methyl sites for hydroxylation is 1. The third-order valence-corrected chi connectivity index (χ3v) is 5.85. The molecule has 0 unspecified atom stereocenters. The first-order valence-electron chi connectivity index (χ1n) is 9.53. The summed E-state index contributed by atoms with van der Waals surface area (Å²) in [7, 11) is 0. The number of benzene rings is 1. The van der Waals surface area contributed by atoms with Crippen molar-refractivity contribution in [1.82, 2.24) is 14.7 Å². The van der Waals surface area contributed by atoms with E-state index < -0.39 is 5.25 Å². The molecule has 1 saturated heterocycles. The number of thioether (sulfide) groups is 1. The maximum Gasteiger partial charge on any atom is 0.262 e. The van der Waals surface area contributed by atoms with Crippen LogP contribution in [0.2, 0.25) is 0 Å². The number of fused-ring (bicyclic) bond motifs is 1. The van der Waals surface area contributed by atoms with Crippen molar-refractivity contribution in [3.8, 4) is 0 Å². The van der Waals surface area contributed by atoms with Crippen LogP contribution in [0.15, 0.2) is 44.8 Å². The SMILES string of the molecule is Cc1cc(NC(=O)[C@H](C)Sc2nc3ccccc3c(=O)n2C[C@H]2CCCO2)on1. The van der Waals surface area contributed by atoms with Gasteiger partial charge in [-0.05, 0) is 38.8 Å². The minimum atomic E-state index is -0.496. The fraction of sp³-hybridized carbons (Fsp3) is 0.400. The Labute approximate surface area is 171 Å². The van der Waals surface area contributed by atoms with Gasteiger partial charge in [-0.2, -0.15) is 0 Å². The highest BCUT2D eigenvalue weighted by Crippen LogP contribution is 2.25. The van der Waals surface area contributed by atoms with Crippen molar-refractivity contribution in [3.05, 3.63) is 46.4 Å². The first-order valence-corrected chi connectivity index (χ1v) is 10.4. The lowest BCUT2D eigenvalue weighted by molar-refractivity contribution is -0.115. The summed E-state index contributed by atoms with van der Waals surface area (Å²) in [4.78, 5) is 30.3. The molecule has 0 saturated carbocycles. The highest BCUT2D eigenvalue weighted by atomic mass is 32.2. The summed E-state index contributed by atoms with van der Waals surface area (Å²) in [5.41, 5.74) is 1.18. The summed E-state index contributed by atoms with van der Waals surface area (Å²) < 4.78 is 12.4. The van der Waals surface area contributed by atoms with Crippen LogP contribution in [0.3, 0.4) is 0 Å². The van der Waals surface area contributed by atoms with Crippen molar-refractivity contribution in [2.24, 2.45) is 0 Å². The molecule has 1 aliphatic heterocycles. The molecule has 9 heteroatoms. The number of para-hydroxylation sites is 1. The van der Waals surface area contributed by atoms with Gasteiger partial charge < -0.3 is 9.26 Å². The summed E-state index contributed by atoms with van der Waals surface area (Å²) in [6, 6.07) is 8.89. The van der Waals surface area contributed by atoms with Crippen LogP contribution in [0, 0.1) is 6.92 Å². The van der Waals surface area contributed by atoms with Crippen molar-refractivity contribution in [2.45, 2.75) is 49.7 Å². The standard InChI is InChI=1S/C20H22N4O4S/c1-12-10-17(28-23-12)22-18(25)13(2)29-20-21-16-8-4-3-7-15(16)19(26)24(20)11-14-6-5-9-27-14/h3-4,7-8,10,13-14H,5-6,9,11H2,1-2H3,(H,22,25)/t13-,14+/m0/s1. The van der Waals surface area contributed by atoms with Crippen LogP contribution in [-0.4, -0.2) is 38.6 Å². The lowest BCUT2D eigenvalue weighted by Crippen LogP contribution is -2.30. The quantitative estimate of drug-likeness (QED) is 0.489. The zero-order chi connectivity index (χ0) is 20.4. The van der Waals surface area contributed by atoms with Crippen molar-refractivity contribution in [2.75, 3.05) is 11.9 Å². The highest BCUT2D eigenvalue weighted by molar-refractivity contribution is 8.00. The van der Waals surface area contributed by atoms with Gasteiger partial charge in [-0.3, -0.25) is 19.5 Å². The van der Waals surface area contributed by atoms with Crippen molar-refractivity contribution in [3.63, 3.8) is 0 Å². The van der Waals surface area contributed by atoms with Gasteiger partial charge in [0.1, 0.15) is 0 Å². The Hall–Kier alpha value is -2.65. The summed E-state index contributed by atoms with van der Waals surface area (Å²) in [5, 5.41) is 7.02. The van der Waals surface area contributed by atoms with Crippen molar-refractivity contribution >= 4 is 34.5 Å². The molecule has 29 heavy (non-hydrogen) atoms. The summed E-state index contributed by atoms with van der Waals surface area (Å²) in [5.74, 6) is 0.0420. The number of nitrogens with zero attached hydrogens (tertiary/aromatic N) is 3. The number of rotatable bonds is 6. The van der Waals surface area contributed by atoms with E-state index in [-0.39, 0.29) is 17.6 Å². The van der Waals surface area contributed by atoms with E-state index in [4.69, 9.17) is 9.26 Å². The zero-order valence-electron chi connectivity index (χ0n) is 16.3. The van der Waals surface area contributed by atoms with Crippen LogP contribution >= 0.6 is 11.8 Å². The van der Waals surface area contributed by atoms with Crippen LogP contribution in [0.5, 0.6) is 0 Å². The Morgan fingerprint density at radius 1 is 1.41 bits per heavy atom. The van der Waals surface area contributed by atoms with Crippen molar-refractivity contribution in [1.29, 1.82) is 0 Å². The predicted molar refractivity (Wildman–Crippen MR) is 110 cm³/mol. The number of anilines is 1. The summed E-state index contributed by atoms with van der Waals surface area (Å²) in [6.07, 6.45) is 1.87. The molecule has 3 aromatic rings. The number of aromatic nitrogens is 3. The van der Waals surface area contributed by atoms with Gasteiger partial charge in [0.15, 0.2) is 5.16 Å². The van der Waals surface area contributed by atoms with Crippen LogP contribution in [0.4, 0.5) is 5.88 Å². The zero-order valence-corrected chi connectivity index (χ0v) is 17.1. The fourth-order valence-electron chi connectivity index (χ4n) is 3.25. The third kappa shape index (κ3) is 4.35.